The van der Waals surface area contributed by atoms with Gasteiger partial charge in [0.15, 0.2) is 0 Å². The molecule has 1 aromatic rings. The second-order valence-electron chi connectivity index (χ2n) is 4.60. The van der Waals surface area contributed by atoms with Gasteiger partial charge in [-0.1, -0.05) is 11.6 Å². The molecule has 1 fully saturated rings. The van der Waals surface area contributed by atoms with Gasteiger partial charge in [0.1, 0.15) is 5.82 Å². The van der Waals surface area contributed by atoms with E-state index in [1.54, 1.807) is 7.05 Å². The van der Waals surface area contributed by atoms with Crippen LogP contribution in [0.2, 0.25) is 5.02 Å². The minimum atomic E-state index is -0.573. The molecule has 0 aliphatic heterocycles. The maximum absolute atomic E-state index is 13.1. The second kappa shape index (κ2) is 5.24. The third-order valence-corrected chi connectivity index (χ3v) is 3.71. The van der Waals surface area contributed by atoms with Gasteiger partial charge in [-0.25, -0.2) is 4.39 Å². The number of halogens is 2. The highest BCUT2D eigenvalue weighted by Crippen LogP contribution is 2.29. The first-order chi connectivity index (χ1) is 8.50. The van der Waals surface area contributed by atoms with Crippen molar-refractivity contribution in [3.63, 3.8) is 0 Å². The van der Waals surface area contributed by atoms with E-state index >= 15 is 0 Å². The molecule has 1 saturated carbocycles. The molecule has 2 atom stereocenters. The van der Waals surface area contributed by atoms with Crippen molar-refractivity contribution >= 4 is 23.2 Å². The molecule has 0 aromatic heterocycles. The molecular formula is C13H15ClFNO2. The Morgan fingerprint density at radius 3 is 2.78 bits per heavy atom. The fourth-order valence-electron chi connectivity index (χ4n) is 2.30. The van der Waals surface area contributed by atoms with Crippen LogP contribution in [-0.4, -0.2) is 24.2 Å². The SMILES string of the molecule is CN(C(=O)C1CCCC1O)c1ccc(F)c(Cl)c1. The number of aliphatic hydroxyl groups excluding tert-OH is 1. The number of hydrogen-bond acceptors (Lipinski definition) is 2. The number of hydrogen-bond donors (Lipinski definition) is 1. The fraction of sp³-hybridized carbons (Fsp3) is 0.462. The maximum atomic E-state index is 13.1. The van der Waals surface area contributed by atoms with E-state index in [4.69, 9.17) is 11.6 Å². The summed E-state index contributed by atoms with van der Waals surface area (Å²) in [6, 6.07) is 4.14. The van der Waals surface area contributed by atoms with Crippen LogP contribution in [0.5, 0.6) is 0 Å². The van der Waals surface area contributed by atoms with E-state index in [0.29, 0.717) is 18.5 Å². The third kappa shape index (κ3) is 2.49. The monoisotopic (exact) mass is 271 g/mol. The molecule has 0 saturated heterocycles. The second-order valence-corrected chi connectivity index (χ2v) is 5.01. The molecule has 0 spiro atoms. The van der Waals surface area contributed by atoms with Crippen LogP contribution in [0, 0.1) is 11.7 Å². The maximum Gasteiger partial charge on any atom is 0.232 e. The zero-order valence-electron chi connectivity index (χ0n) is 10.1. The van der Waals surface area contributed by atoms with Crippen molar-refractivity contribution in [2.45, 2.75) is 25.4 Å². The highest BCUT2D eigenvalue weighted by molar-refractivity contribution is 6.31. The van der Waals surface area contributed by atoms with E-state index in [0.717, 1.165) is 6.42 Å². The topological polar surface area (TPSA) is 40.5 Å². The molecule has 1 amide bonds. The zero-order chi connectivity index (χ0) is 13.3. The average Bonchev–Trinajstić information content (AvgIpc) is 2.77. The van der Waals surface area contributed by atoms with Crippen LogP contribution in [0.4, 0.5) is 10.1 Å². The van der Waals surface area contributed by atoms with Gasteiger partial charge in [-0.05, 0) is 37.5 Å². The minimum absolute atomic E-state index is 0.0147. The van der Waals surface area contributed by atoms with E-state index in [9.17, 15) is 14.3 Å². The highest BCUT2D eigenvalue weighted by atomic mass is 35.5. The van der Waals surface area contributed by atoms with Gasteiger partial charge in [0.05, 0.1) is 17.0 Å². The van der Waals surface area contributed by atoms with E-state index in [1.165, 1.54) is 23.1 Å². The number of benzene rings is 1. The van der Waals surface area contributed by atoms with Crippen molar-refractivity contribution in [3.8, 4) is 0 Å². The Morgan fingerprint density at radius 1 is 1.50 bits per heavy atom. The van der Waals surface area contributed by atoms with Crippen LogP contribution in [0.25, 0.3) is 0 Å². The fourth-order valence-corrected chi connectivity index (χ4v) is 2.47. The molecule has 18 heavy (non-hydrogen) atoms. The first-order valence-corrected chi connectivity index (χ1v) is 6.29. The molecule has 0 heterocycles. The van der Waals surface area contributed by atoms with Crippen molar-refractivity contribution < 1.29 is 14.3 Å². The lowest BCUT2D eigenvalue weighted by Crippen LogP contribution is -2.36. The lowest BCUT2D eigenvalue weighted by atomic mass is 10.0. The van der Waals surface area contributed by atoms with Crippen LogP contribution in [0.3, 0.4) is 0 Å². The number of nitrogens with zero attached hydrogens (tertiary/aromatic N) is 1. The Balaban J connectivity index is 2.17. The smallest absolute Gasteiger partial charge is 0.232 e. The predicted molar refractivity (Wildman–Crippen MR) is 68.2 cm³/mol. The average molecular weight is 272 g/mol. The van der Waals surface area contributed by atoms with Gasteiger partial charge >= 0.3 is 0 Å². The predicted octanol–water partition coefficient (Wildman–Crippen LogP) is 2.60. The highest BCUT2D eigenvalue weighted by Gasteiger charge is 2.33. The first kappa shape index (κ1) is 13.3. The molecule has 5 heteroatoms. The number of rotatable bonds is 2. The largest absolute Gasteiger partial charge is 0.392 e. The molecule has 2 rings (SSSR count). The molecule has 98 valence electrons. The van der Waals surface area contributed by atoms with Crippen molar-refractivity contribution in [1.29, 1.82) is 0 Å². The Morgan fingerprint density at radius 2 is 2.22 bits per heavy atom. The summed E-state index contributed by atoms with van der Waals surface area (Å²) in [4.78, 5) is 13.6. The van der Waals surface area contributed by atoms with Crippen molar-refractivity contribution in [2.75, 3.05) is 11.9 Å². The van der Waals surface area contributed by atoms with Crippen LogP contribution in [-0.2, 0) is 4.79 Å². The lowest BCUT2D eigenvalue weighted by Gasteiger charge is -2.23. The molecular weight excluding hydrogens is 257 g/mol. The van der Waals surface area contributed by atoms with Gasteiger partial charge in [0.25, 0.3) is 0 Å². The van der Waals surface area contributed by atoms with Crippen LogP contribution in [0.15, 0.2) is 18.2 Å². The van der Waals surface area contributed by atoms with Gasteiger partial charge in [-0.2, -0.15) is 0 Å². The molecule has 0 radical (unpaired) electrons. The number of amides is 1. The Labute approximate surface area is 110 Å². The lowest BCUT2D eigenvalue weighted by molar-refractivity contribution is -0.124. The van der Waals surface area contributed by atoms with E-state index in [2.05, 4.69) is 0 Å². The summed E-state index contributed by atoms with van der Waals surface area (Å²) in [7, 11) is 1.61. The van der Waals surface area contributed by atoms with E-state index in [-0.39, 0.29) is 16.8 Å². The first-order valence-electron chi connectivity index (χ1n) is 5.91. The Bertz CT molecular complexity index is 466. The molecule has 1 aromatic carbocycles. The molecule has 3 nitrogen and oxygen atoms in total. The van der Waals surface area contributed by atoms with Gasteiger partial charge < -0.3 is 10.0 Å². The summed E-state index contributed by atoms with van der Waals surface area (Å²) in [5.74, 6) is -1.02. The molecule has 1 aliphatic carbocycles. The van der Waals surface area contributed by atoms with Crippen molar-refractivity contribution in [2.24, 2.45) is 5.92 Å². The zero-order valence-corrected chi connectivity index (χ0v) is 10.8. The van der Waals surface area contributed by atoms with Crippen LogP contribution >= 0.6 is 11.6 Å². The standard InChI is InChI=1S/C13H15ClFNO2/c1-16(8-5-6-11(15)10(14)7-8)13(18)9-3-2-4-12(9)17/h5-7,9,12,17H,2-4H2,1H3. The third-order valence-electron chi connectivity index (χ3n) is 3.42. The summed E-state index contributed by atoms with van der Waals surface area (Å²) in [6.45, 7) is 0. The van der Waals surface area contributed by atoms with Crippen LogP contribution in [0.1, 0.15) is 19.3 Å². The summed E-state index contributed by atoms with van der Waals surface area (Å²) in [6.07, 6.45) is 1.64. The Kier molecular flexibility index (Phi) is 3.88. The van der Waals surface area contributed by atoms with E-state index in [1.807, 2.05) is 0 Å². The number of carbonyl (C=O) groups excluding carboxylic acids is 1. The number of carbonyl (C=O) groups is 1. The summed E-state index contributed by atoms with van der Waals surface area (Å²) in [5, 5.41) is 9.71. The summed E-state index contributed by atoms with van der Waals surface area (Å²) >= 11 is 5.69. The van der Waals surface area contributed by atoms with Gasteiger partial charge in [0.2, 0.25) is 5.91 Å². The van der Waals surface area contributed by atoms with E-state index < -0.39 is 11.9 Å². The molecule has 0 bridgehead atoms. The number of aliphatic hydroxyl groups is 1. The van der Waals surface area contributed by atoms with Gasteiger partial charge in [0, 0.05) is 12.7 Å². The molecule has 1 N–H and O–H groups in total. The summed E-state index contributed by atoms with van der Waals surface area (Å²) in [5.41, 5.74) is 0.533. The molecule has 2 unspecified atom stereocenters. The normalized spacial score (nSPS) is 23.1. The van der Waals surface area contributed by atoms with Crippen molar-refractivity contribution in [1.82, 2.24) is 0 Å². The number of anilines is 1. The quantitative estimate of drug-likeness (QED) is 0.898. The van der Waals surface area contributed by atoms with Gasteiger partial charge in [-0.3, -0.25) is 4.79 Å². The summed E-state index contributed by atoms with van der Waals surface area (Å²) < 4.78 is 13.1. The molecule has 1 aliphatic rings. The van der Waals surface area contributed by atoms with Crippen molar-refractivity contribution in [3.05, 3.63) is 29.0 Å². The minimum Gasteiger partial charge on any atom is -0.392 e. The Hall–Kier alpha value is -1.13. The van der Waals surface area contributed by atoms with Gasteiger partial charge in [-0.15, -0.1) is 0 Å². The van der Waals surface area contributed by atoms with Crippen LogP contribution < -0.4 is 4.90 Å².